The molecule has 5 rings (SSSR count). The van der Waals surface area contributed by atoms with Gasteiger partial charge < -0.3 is 15.4 Å². The van der Waals surface area contributed by atoms with Crippen LogP contribution in [0.5, 0.6) is 0 Å². The molecule has 4 aromatic rings. The number of aryl methyl sites for hydroxylation is 1. The summed E-state index contributed by atoms with van der Waals surface area (Å²) in [7, 11) is -2.52. The number of hydrogen-bond donors (Lipinski definition) is 2. The Morgan fingerprint density at radius 2 is 1.93 bits per heavy atom. The number of nitrogens with zero attached hydrogens (tertiary/aromatic N) is 4. The molecular formula is C32H38Cl2N6O2S3. The van der Waals surface area contributed by atoms with Crippen molar-refractivity contribution >= 4 is 73.5 Å². The molecule has 2 aromatic carbocycles. The smallest absolute Gasteiger partial charge is 0.273 e. The highest BCUT2D eigenvalue weighted by Gasteiger charge is 2.31. The Kier molecular flexibility index (Phi) is 10.9. The van der Waals surface area contributed by atoms with E-state index in [1.165, 1.54) is 11.3 Å². The fourth-order valence-corrected chi connectivity index (χ4v) is 8.50. The van der Waals surface area contributed by atoms with Crippen molar-refractivity contribution in [2.45, 2.75) is 43.7 Å². The highest BCUT2D eigenvalue weighted by Crippen LogP contribution is 2.40. The van der Waals surface area contributed by atoms with Gasteiger partial charge in [-0.3, -0.25) is 4.79 Å². The molecule has 0 saturated carbocycles. The molecule has 1 unspecified atom stereocenters. The van der Waals surface area contributed by atoms with Crippen LogP contribution in [0.2, 0.25) is 10.0 Å². The van der Waals surface area contributed by atoms with E-state index < -0.39 is 9.71 Å². The van der Waals surface area contributed by atoms with Crippen LogP contribution in [0.1, 0.15) is 53.5 Å². The van der Waals surface area contributed by atoms with Gasteiger partial charge in [0.25, 0.3) is 5.91 Å². The first-order valence-electron chi connectivity index (χ1n) is 14.8. The molecule has 45 heavy (non-hydrogen) atoms. The number of nitrogens with two attached hydrogens (primary N) is 1. The molecule has 1 fully saturated rings. The Morgan fingerprint density at radius 1 is 1.20 bits per heavy atom. The molecule has 1 saturated heterocycles. The maximum absolute atomic E-state index is 14.4. The summed E-state index contributed by atoms with van der Waals surface area (Å²) in [5.74, 6) is 5.01. The average Bonchev–Trinajstić information content (AvgIpc) is 3.58. The quantitative estimate of drug-likeness (QED) is 0.127. The fourth-order valence-electron chi connectivity index (χ4n) is 5.35. The first-order valence-corrected chi connectivity index (χ1v) is 19.5. The molecule has 2 aromatic heterocycles. The Balaban J connectivity index is 1.64. The van der Waals surface area contributed by atoms with Gasteiger partial charge in [-0.25, -0.2) is 9.19 Å². The number of nitrogens with one attached hydrogen (secondary N) is 1. The van der Waals surface area contributed by atoms with Crippen LogP contribution in [-0.2, 0) is 16.1 Å². The highest BCUT2D eigenvalue weighted by molar-refractivity contribution is 8.01. The fraction of sp³-hybridized carbons (Fsp3) is 0.375. The van der Waals surface area contributed by atoms with Gasteiger partial charge in [0.05, 0.1) is 25.6 Å². The number of thioether (sulfide) groups is 1. The summed E-state index contributed by atoms with van der Waals surface area (Å²) in [6, 6.07) is 13.2. The summed E-state index contributed by atoms with van der Waals surface area (Å²) in [6.45, 7) is 5.94. The van der Waals surface area contributed by atoms with Crippen molar-refractivity contribution < 1.29 is 9.00 Å². The van der Waals surface area contributed by atoms with Gasteiger partial charge >= 0.3 is 0 Å². The van der Waals surface area contributed by atoms with Gasteiger partial charge in [-0.15, -0.1) is 11.8 Å². The Labute approximate surface area is 283 Å². The Bertz CT molecular complexity index is 1800. The number of thiazole rings is 1. The van der Waals surface area contributed by atoms with E-state index in [9.17, 15) is 9.00 Å². The predicted molar refractivity (Wildman–Crippen MR) is 192 cm³/mol. The van der Waals surface area contributed by atoms with Crippen LogP contribution >= 0.6 is 46.3 Å². The van der Waals surface area contributed by atoms with Crippen LogP contribution in [0.25, 0.3) is 16.4 Å². The summed E-state index contributed by atoms with van der Waals surface area (Å²) in [4.78, 5) is 21.4. The molecule has 3 heterocycles. The van der Waals surface area contributed by atoms with Crippen molar-refractivity contribution in [1.82, 2.24) is 19.7 Å². The van der Waals surface area contributed by atoms with Crippen LogP contribution in [0.3, 0.4) is 0 Å². The summed E-state index contributed by atoms with van der Waals surface area (Å²) >= 11 is 15.9. The van der Waals surface area contributed by atoms with Crippen molar-refractivity contribution in [1.29, 1.82) is 0 Å². The summed E-state index contributed by atoms with van der Waals surface area (Å²) in [5, 5.41) is 6.47. The Morgan fingerprint density at radius 3 is 2.60 bits per heavy atom. The number of likely N-dealkylation sites (tertiary alicyclic amines) is 1. The van der Waals surface area contributed by atoms with E-state index in [1.807, 2.05) is 48.2 Å². The lowest BCUT2D eigenvalue weighted by Gasteiger charge is -2.31. The highest BCUT2D eigenvalue weighted by atomic mass is 35.5. The minimum Gasteiger partial charge on any atom is -0.337 e. The van der Waals surface area contributed by atoms with E-state index in [0.29, 0.717) is 58.5 Å². The molecule has 1 aliphatic heterocycles. The number of halogens is 2. The molecule has 1 atom stereocenters. The van der Waals surface area contributed by atoms with Gasteiger partial charge in [-0.2, -0.15) is 9.78 Å². The van der Waals surface area contributed by atoms with Gasteiger partial charge in [0.15, 0.2) is 0 Å². The Hall–Kier alpha value is -2.54. The third kappa shape index (κ3) is 7.89. The van der Waals surface area contributed by atoms with Crippen LogP contribution in [0.15, 0.2) is 46.7 Å². The SMILES string of the molecule is C=S(C)(=O)Nc1ccccc1Cc1c(C)nn(-c2nc(-c3ccc(Cl)c(Cl)c3)c(SCCC)s2)c1C(=O)N1CCC(CN)CC1. The number of carbonyl (C=O) groups is 1. The number of rotatable bonds is 11. The molecular weight excluding hydrogens is 667 g/mol. The zero-order valence-electron chi connectivity index (χ0n) is 25.6. The standard InChI is InChI=1S/C32H38Cl2N6O2S3/c1-5-16-43-31-28(23-10-11-25(33)26(34)18-23)36-32(44-31)40-29(30(41)39-14-12-21(19-35)13-15-39)24(20(2)37-40)17-22-8-6-7-9-27(22)38-45(3,4)42/h6-11,18,21H,3,5,12-17,19,35H2,1-2,4H3,(H,38,42). The monoisotopic (exact) mass is 704 g/mol. The number of amides is 1. The third-order valence-corrected chi connectivity index (χ3v) is 11.6. The number of anilines is 1. The van der Waals surface area contributed by atoms with Crippen molar-refractivity contribution in [3.63, 3.8) is 0 Å². The number of hydrogen-bond acceptors (Lipinski definition) is 7. The summed E-state index contributed by atoms with van der Waals surface area (Å²) in [6.07, 6.45) is 4.70. The maximum atomic E-state index is 14.4. The first kappa shape index (κ1) is 33.8. The first-order chi connectivity index (χ1) is 21.5. The van der Waals surface area contributed by atoms with E-state index in [4.69, 9.17) is 39.0 Å². The van der Waals surface area contributed by atoms with Gasteiger partial charge in [0.1, 0.15) is 5.69 Å². The van der Waals surface area contributed by atoms with Gasteiger partial charge in [-0.1, -0.05) is 65.7 Å². The number of para-hydroxylation sites is 1. The predicted octanol–water partition coefficient (Wildman–Crippen LogP) is 7.19. The molecule has 0 radical (unpaired) electrons. The minimum absolute atomic E-state index is 0.0861. The van der Waals surface area contributed by atoms with Gasteiger partial charge in [0, 0.05) is 52.3 Å². The van der Waals surface area contributed by atoms with Crippen LogP contribution < -0.4 is 10.5 Å². The molecule has 0 bridgehead atoms. The summed E-state index contributed by atoms with van der Waals surface area (Å²) in [5.41, 5.74) is 11.2. The second-order valence-electron chi connectivity index (χ2n) is 11.3. The number of benzene rings is 2. The van der Waals surface area contributed by atoms with Gasteiger partial charge in [-0.05, 0) is 74.0 Å². The van der Waals surface area contributed by atoms with E-state index in [2.05, 4.69) is 17.5 Å². The molecule has 8 nitrogen and oxygen atoms in total. The second kappa shape index (κ2) is 14.5. The molecule has 3 N–H and O–H groups in total. The number of carbonyl (C=O) groups excluding carboxylic acids is 1. The largest absolute Gasteiger partial charge is 0.337 e. The molecule has 0 aliphatic carbocycles. The maximum Gasteiger partial charge on any atom is 0.273 e. The van der Waals surface area contributed by atoms with Crippen molar-refractivity contribution in [3.05, 3.63) is 75.0 Å². The lowest BCUT2D eigenvalue weighted by molar-refractivity contribution is 0.0683. The van der Waals surface area contributed by atoms with Crippen molar-refractivity contribution in [3.8, 4) is 16.4 Å². The zero-order valence-corrected chi connectivity index (χ0v) is 29.6. The molecule has 13 heteroatoms. The third-order valence-electron chi connectivity index (χ3n) is 7.73. The normalized spacial score (nSPS) is 15.3. The van der Waals surface area contributed by atoms with Crippen LogP contribution in [-0.4, -0.2) is 67.3 Å². The molecule has 1 amide bonds. The topological polar surface area (TPSA) is 106 Å². The van der Waals surface area contributed by atoms with E-state index >= 15 is 0 Å². The van der Waals surface area contributed by atoms with Crippen molar-refractivity contribution in [2.24, 2.45) is 11.7 Å². The molecule has 240 valence electrons. The van der Waals surface area contributed by atoms with E-state index in [0.717, 1.165) is 57.3 Å². The second-order valence-corrected chi connectivity index (χ2v) is 16.7. The van der Waals surface area contributed by atoms with Crippen molar-refractivity contribution in [2.75, 3.05) is 36.4 Å². The molecule has 1 aliphatic rings. The number of piperidine rings is 1. The van der Waals surface area contributed by atoms with Crippen LogP contribution in [0, 0.1) is 12.8 Å². The number of aromatic nitrogens is 3. The van der Waals surface area contributed by atoms with E-state index in [-0.39, 0.29) is 5.91 Å². The molecule has 0 spiro atoms. The minimum atomic E-state index is -2.52. The average molecular weight is 706 g/mol. The van der Waals surface area contributed by atoms with Gasteiger partial charge in [0.2, 0.25) is 5.13 Å². The lowest BCUT2D eigenvalue weighted by atomic mass is 9.96. The summed E-state index contributed by atoms with van der Waals surface area (Å²) < 4.78 is 18.4. The van der Waals surface area contributed by atoms with Crippen LogP contribution in [0.4, 0.5) is 5.69 Å². The lowest BCUT2D eigenvalue weighted by Crippen LogP contribution is -2.41. The van der Waals surface area contributed by atoms with E-state index in [1.54, 1.807) is 28.8 Å². The zero-order chi connectivity index (χ0) is 32.3.